The Morgan fingerprint density at radius 1 is 1.41 bits per heavy atom. The molecule has 1 N–H and O–H groups in total. The molecule has 1 aromatic carbocycles. The molecule has 0 bridgehead atoms. The van der Waals surface area contributed by atoms with Gasteiger partial charge in [-0.1, -0.05) is 19.1 Å². The Balaban J connectivity index is 1.72. The third kappa shape index (κ3) is 1.98. The Morgan fingerprint density at radius 3 is 3.09 bits per heavy atom. The van der Waals surface area contributed by atoms with Crippen molar-refractivity contribution in [2.75, 3.05) is 19.6 Å². The van der Waals surface area contributed by atoms with Crippen LogP contribution in [0.3, 0.4) is 0 Å². The van der Waals surface area contributed by atoms with E-state index >= 15 is 0 Å². The minimum Gasteiger partial charge on any atom is -0.310 e. The lowest BCUT2D eigenvalue weighted by atomic mass is 10.2. The first-order chi connectivity index (χ1) is 10.6. The van der Waals surface area contributed by atoms with Crippen LogP contribution in [0.15, 0.2) is 41.6 Å². The van der Waals surface area contributed by atoms with Crippen molar-refractivity contribution in [2.24, 2.45) is 5.92 Å². The molecule has 22 heavy (non-hydrogen) atoms. The van der Waals surface area contributed by atoms with Gasteiger partial charge < -0.3 is 5.32 Å². The maximum atomic E-state index is 13.0. The highest BCUT2D eigenvalue weighted by atomic mass is 32.2. The largest absolute Gasteiger partial charge is 0.310 e. The Hall–Kier alpha value is -1.50. The van der Waals surface area contributed by atoms with Crippen molar-refractivity contribution in [3.63, 3.8) is 0 Å². The van der Waals surface area contributed by atoms with E-state index in [0.717, 1.165) is 23.7 Å². The van der Waals surface area contributed by atoms with E-state index in [1.54, 1.807) is 34.9 Å². The Kier molecular flexibility index (Phi) is 3.04. The molecule has 1 aliphatic heterocycles. The van der Waals surface area contributed by atoms with Gasteiger partial charge in [-0.05, 0) is 31.0 Å². The summed E-state index contributed by atoms with van der Waals surface area (Å²) in [4.78, 5) is 4.46. The fourth-order valence-corrected chi connectivity index (χ4v) is 5.47. The van der Waals surface area contributed by atoms with E-state index in [9.17, 15) is 8.42 Å². The van der Waals surface area contributed by atoms with Gasteiger partial charge in [-0.25, -0.2) is 8.42 Å². The predicted molar refractivity (Wildman–Crippen MR) is 85.0 cm³/mol. The number of sulfonamides is 1. The first-order valence-corrected chi connectivity index (χ1v) is 9.09. The van der Waals surface area contributed by atoms with Gasteiger partial charge in [0.25, 0.3) is 0 Å². The zero-order chi connectivity index (χ0) is 15.4. The fraction of sp³-hybridized carbons (Fsp3) is 0.438. The molecule has 0 spiro atoms. The molecule has 4 rings (SSSR count). The van der Waals surface area contributed by atoms with Crippen LogP contribution >= 0.6 is 0 Å². The third-order valence-corrected chi connectivity index (χ3v) is 6.77. The second kappa shape index (κ2) is 4.75. The van der Waals surface area contributed by atoms with Crippen LogP contribution in [-0.4, -0.2) is 42.9 Å². The lowest BCUT2D eigenvalue weighted by Crippen LogP contribution is -2.40. The molecule has 6 heteroatoms. The van der Waals surface area contributed by atoms with Crippen LogP contribution in [0.4, 0.5) is 0 Å². The van der Waals surface area contributed by atoms with E-state index in [4.69, 9.17) is 0 Å². The number of pyridine rings is 1. The normalized spacial score (nSPS) is 28.0. The summed E-state index contributed by atoms with van der Waals surface area (Å²) in [6.45, 7) is 4.15. The molecule has 1 saturated heterocycles. The molecule has 116 valence electrons. The molecule has 0 radical (unpaired) electrons. The highest BCUT2D eigenvalue weighted by Crippen LogP contribution is 2.50. The quantitative estimate of drug-likeness (QED) is 0.930. The van der Waals surface area contributed by atoms with E-state index in [2.05, 4.69) is 17.2 Å². The summed E-state index contributed by atoms with van der Waals surface area (Å²) in [6, 6.07) is 7.15. The van der Waals surface area contributed by atoms with Crippen molar-refractivity contribution in [2.45, 2.75) is 23.8 Å². The van der Waals surface area contributed by atoms with Crippen molar-refractivity contribution in [3.8, 4) is 0 Å². The highest BCUT2D eigenvalue weighted by Gasteiger charge is 2.61. The number of hydrogen-bond donors (Lipinski definition) is 1. The summed E-state index contributed by atoms with van der Waals surface area (Å²) < 4.78 is 27.7. The van der Waals surface area contributed by atoms with Crippen LogP contribution in [0.5, 0.6) is 0 Å². The van der Waals surface area contributed by atoms with E-state index in [1.807, 2.05) is 6.07 Å². The number of piperidine rings is 1. The van der Waals surface area contributed by atoms with Crippen molar-refractivity contribution < 1.29 is 8.42 Å². The molecular weight excluding hydrogens is 298 g/mol. The van der Waals surface area contributed by atoms with Gasteiger partial charge in [-0.15, -0.1) is 0 Å². The van der Waals surface area contributed by atoms with Crippen LogP contribution in [0.25, 0.3) is 10.8 Å². The van der Waals surface area contributed by atoms with Gasteiger partial charge in [0.2, 0.25) is 10.0 Å². The molecule has 1 aliphatic carbocycles. The molecule has 2 aromatic rings. The van der Waals surface area contributed by atoms with Crippen LogP contribution in [0.2, 0.25) is 0 Å². The van der Waals surface area contributed by atoms with Crippen molar-refractivity contribution in [1.29, 1.82) is 0 Å². The van der Waals surface area contributed by atoms with Gasteiger partial charge in [0.1, 0.15) is 0 Å². The summed E-state index contributed by atoms with van der Waals surface area (Å²) in [5, 5.41) is 5.07. The lowest BCUT2D eigenvalue weighted by Gasteiger charge is -2.22. The number of benzene rings is 1. The number of nitrogens with one attached hydrogen (secondary N) is 1. The van der Waals surface area contributed by atoms with Gasteiger partial charge in [0.05, 0.1) is 4.90 Å². The predicted octanol–water partition coefficient (Wildman–Crippen LogP) is 1.61. The number of likely N-dealkylation sites (N-methyl/N-ethyl adjacent to an activating group) is 1. The van der Waals surface area contributed by atoms with Crippen LogP contribution < -0.4 is 5.32 Å². The Labute approximate surface area is 130 Å². The molecule has 2 fully saturated rings. The lowest BCUT2D eigenvalue weighted by molar-refractivity contribution is 0.410. The second-order valence-electron chi connectivity index (χ2n) is 6.24. The highest BCUT2D eigenvalue weighted by molar-refractivity contribution is 7.89. The number of hydrogen-bond acceptors (Lipinski definition) is 4. The Bertz CT molecular complexity index is 831. The first kappa shape index (κ1) is 14.1. The second-order valence-corrected chi connectivity index (χ2v) is 8.14. The summed E-state index contributed by atoms with van der Waals surface area (Å²) in [5.41, 5.74) is 0.0218. The molecule has 2 atom stereocenters. The smallest absolute Gasteiger partial charge is 0.243 e. The average Bonchev–Trinajstić information content (AvgIpc) is 3.06. The Morgan fingerprint density at radius 2 is 2.27 bits per heavy atom. The minimum atomic E-state index is -3.46. The van der Waals surface area contributed by atoms with Crippen molar-refractivity contribution in [3.05, 3.63) is 36.7 Å². The van der Waals surface area contributed by atoms with Gasteiger partial charge in [0.15, 0.2) is 0 Å². The molecule has 2 unspecified atom stereocenters. The molecule has 2 aliphatic rings. The maximum Gasteiger partial charge on any atom is 0.243 e. The standard InChI is InChI=1S/C16H19N3O2S/c1-2-18-16-8-13(16)10-19(11-16)22(20,21)15-5-3-4-12-9-17-7-6-14(12)15/h3-7,9,13,18H,2,8,10-11H2,1H3. The van der Waals surface area contributed by atoms with Crippen LogP contribution in [-0.2, 0) is 10.0 Å². The molecule has 5 nitrogen and oxygen atoms in total. The van der Waals surface area contributed by atoms with Crippen molar-refractivity contribution >= 4 is 20.8 Å². The maximum absolute atomic E-state index is 13.0. The van der Waals surface area contributed by atoms with Crippen molar-refractivity contribution in [1.82, 2.24) is 14.6 Å². The van der Waals surface area contributed by atoms with Crippen LogP contribution in [0, 0.1) is 5.92 Å². The van der Waals surface area contributed by atoms with E-state index in [0.29, 0.717) is 23.9 Å². The zero-order valence-corrected chi connectivity index (χ0v) is 13.3. The van der Waals surface area contributed by atoms with E-state index in [-0.39, 0.29) is 5.54 Å². The molecular formula is C16H19N3O2S. The topological polar surface area (TPSA) is 62.3 Å². The number of aromatic nitrogens is 1. The first-order valence-electron chi connectivity index (χ1n) is 7.65. The number of nitrogens with zero attached hydrogens (tertiary/aromatic N) is 2. The summed E-state index contributed by atoms with van der Waals surface area (Å²) in [5.74, 6) is 0.457. The molecule has 2 heterocycles. The SMILES string of the molecule is CCNC12CC1CN(S(=O)(=O)c1cccc3cnccc13)C2. The summed E-state index contributed by atoms with van der Waals surface area (Å²) >= 11 is 0. The van der Waals surface area contributed by atoms with Crippen LogP contribution in [0.1, 0.15) is 13.3 Å². The zero-order valence-electron chi connectivity index (χ0n) is 12.5. The monoisotopic (exact) mass is 317 g/mol. The molecule has 0 amide bonds. The van der Waals surface area contributed by atoms with Gasteiger partial charge in [-0.2, -0.15) is 4.31 Å². The molecule has 1 saturated carbocycles. The fourth-order valence-electron chi connectivity index (χ4n) is 3.70. The van der Waals surface area contributed by atoms with Gasteiger partial charge in [-0.3, -0.25) is 4.98 Å². The summed E-state index contributed by atoms with van der Waals surface area (Å²) in [7, 11) is -3.46. The third-order valence-electron chi connectivity index (χ3n) is 4.90. The minimum absolute atomic E-state index is 0.0218. The molecule has 1 aromatic heterocycles. The number of fused-ring (bicyclic) bond motifs is 2. The van der Waals surface area contributed by atoms with E-state index in [1.165, 1.54) is 0 Å². The van der Waals surface area contributed by atoms with Gasteiger partial charge >= 0.3 is 0 Å². The van der Waals surface area contributed by atoms with Gasteiger partial charge in [0, 0.05) is 41.8 Å². The van der Waals surface area contributed by atoms with E-state index < -0.39 is 10.0 Å². The summed E-state index contributed by atoms with van der Waals surface area (Å²) in [6.07, 6.45) is 4.44. The average molecular weight is 317 g/mol. The number of rotatable bonds is 4.